The van der Waals surface area contributed by atoms with Crippen LogP contribution in [0.15, 0.2) is 29.2 Å². The average molecular weight is 284 g/mol. The van der Waals surface area contributed by atoms with Crippen LogP contribution in [0.3, 0.4) is 0 Å². The second kappa shape index (κ2) is 15.6. The van der Waals surface area contributed by atoms with Crippen molar-refractivity contribution in [3.05, 3.63) is 29.8 Å². The summed E-state index contributed by atoms with van der Waals surface area (Å²) >= 11 is 1.88. The van der Waals surface area contributed by atoms with Crippen LogP contribution in [-0.4, -0.2) is 17.4 Å². The van der Waals surface area contributed by atoms with Crippen molar-refractivity contribution in [3.8, 4) is 0 Å². The van der Waals surface area contributed by atoms with Crippen LogP contribution in [0.2, 0.25) is 0 Å². The molecule has 0 unspecified atom stereocenters. The molecule has 112 valence electrons. The lowest BCUT2D eigenvalue weighted by Gasteiger charge is -2.19. The second-order valence-electron chi connectivity index (χ2n) is 3.83. The van der Waals surface area contributed by atoms with Crippen molar-refractivity contribution >= 4 is 11.9 Å². The van der Waals surface area contributed by atoms with Gasteiger partial charge in [0.2, 0.25) is 0 Å². The summed E-state index contributed by atoms with van der Waals surface area (Å²) in [5.74, 6) is 0. The smallest absolute Gasteiger partial charge is 0.0230 e. The number of hydrogen-bond donors (Lipinski definition) is 0. The highest BCUT2D eigenvalue weighted by atomic mass is 32.2. The maximum absolute atomic E-state index is 2.45. The van der Waals surface area contributed by atoms with Crippen LogP contribution in [0.5, 0.6) is 0 Å². The largest absolute Gasteiger partial charge is 0.246 e. The highest BCUT2D eigenvalue weighted by Gasteiger charge is 2.04. The van der Waals surface area contributed by atoms with E-state index in [1.807, 2.05) is 39.6 Å². The standard InChI is InChI=1S/C13H21NS.2C2H6/c1-4-10-14(11-5-2)15-13-8-6-12(3)7-9-13;2*1-2/h6-9H,4-5,10-11H2,1-3H3;2*1-2H3. The number of aryl methyl sites for hydroxylation is 1. The SMILES string of the molecule is CC.CC.CCCN(CCC)Sc1ccc(C)cc1. The number of benzene rings is 1. The third-order valence-electron chi connectivity index (χ3n) is 2.20. The molecule has 0 radical (unpaired) electrons. The minimum atomic E-state index is 1.17. The molecule has 0 spiro atoms. The Bertz CT molecular complexity index is 263. The molecule has 1 nitrogen and oxygen atoms in total. The fraction of sp³-hybridized carbons (Fsp3) is 0.647. The molecule has 0 aromatic heterocycles. The molecule has 1 aromatic carbocycles. The Balaban J connectivity index is 0. The van der Waals surface area contributed by atoms with Gasteiger partial charge in [-0.1, -0.05) is 59.2 Å². The molecule has 0 atom stereocenters. The molecule has 19 heavy (non-hydrogen) atoms. The molecule has 1 rings (SSSR count). The maximum Gasteiger partial charge on any atom is 0.0230 e. The molecular weight excluding hydrogens is 250 g/mol. The van der Waals surface area contributed by atoms with Crippen LogP contribution in [0, 0.1) is 6.92 Å². The van der Waals surface area contributed by atoms with Crippen molar-refractivity contribution in [2.75, 3.05) is 13.1 Å². The second-order valence-corrected chi connectivity index (χ2v) is 5.00. The van der Waals surface area contributed by atoms with Gasteiger partial charge in [0, 0.05) is 18.0 Å². The third-order valence-corrected chi connectivity index (χ3v) is 3.31. The summed E-state index contributed by atoms with van der Waals surface area (Å²) < 4.78 is 2.45. The zero-order chi connectivity index (χ0) is 15.1. The van der Waals surface area contributed by atoms with Gasteiger partial charge in [-0.25, -0.2) is 4.31 Å². The Kier molecular flexibility index (Phi) is 17.1. The molecule has 0 aliphatic rings. The van der Waals surface area contributed by atoms with Crippen LogP contribution in [0.1, 0.15) is 59.9 Å². The Labute approximate surface area is 125 Å². The molecule has 0 saturated carbocycles. The number of nitrogens with zero attached hydrogens (tertiary/aromatic N) is 1. The summed E-state index contributed by atoms with van der Waals surface area (Å²) in [7, 11) is 0. The highest BCUT2D eigenvalue weighted by Crippen LogP contribution is 2.23. The van der Waals surface area contributed by atoms with Gasteiger partial charge in [-0.15, -0.1) is 0 Å². The van der Waals surface area contributed by atoms with Gasteiger partial charge in [0.1, 0.15) is 0 Å². The minimum Gasteiger partial charge on any atom is -0.246 e. The summed E-state index contributed by atoms with van der Waals surface area (Å²) in [4.78, 5) is 1.35. The predicted molar refractivity (Wildman–Crippen MR) is 91.9 cm³/mol. The first-order valence-corrected chi connectivity index (χ1v) is 8.53. The van der Waals surface area contributed by atoms with Gasteiger partial charge in [0.05, 0.1) is 0 Å². The first-order valence-electron chi connectivity index (χ1n) is 7.75. The van der Waals surface area contributed by atoms with Crippen LogP contribution in [0.4, 0.5) is 0 Å². The topological polar surface area (TPSA) is 3.24 Å². The zero-order valence-corrected chi connectivity index (χ0v) is 14.8. The minimum absolute atomic E-state index is 1.17. The van der Waals surface area contributed by atoms with Crippen molar-refractivity contribution in [3.63, 3.8) is 0 Å². The van der Waals surface area contributed by atoms with Crippen LogP contribution in [0.25, 0.3) is 0 Å². The van der Waals surface area contributed by atoms with Crippen LogP contribution >= 0.6 is 11.9 Å². The van der Waals surface area contributed by atoms with Crippen molar-refractivity contribution in [2.45, 2.75) is 66.2 Å². The van der Waals surface area contributed by atoms with E-state index in [1.54, 1.807) is 0 Å². The van der Waals surface area contributed by atoms with Gasteiger partial charge in [0.15, 0.2) is 0 Å². The number of hydrogen-bond acceptors (Lipinski definition) is 2. The van der Waals surface area contributed by atoms with E-state index in [2.05, 4.69) is 49.3 Å². The van der Waals surface area contributed by atoms with E-state index in [0.29, 0.717) is 0 Å². The molecular formula is C17H33NS. The van der Waals surface area contributed by atoms with E-state index in [9.17, 15) is 0 Å². The molecule has 0 aliphatic carbocycles. The van der Waals surface area contributed by atoms with Gasteiger partial charge >= 0.3 is 0 Å². The normalized spacial score (nSPS) is 9.26. The van der Waals surface area contributed by atoms with Gasteiger partial charge in [-0.05, 0) is 43.8 Å². The quantitative estimate of drug-likeness (QED) is 0.574. The Morgan fingerprint density at radius 3 is 1.63 bits per heavy atom. The Morgan fingerprint density at radius 1 is 0.842 bits per heavy atom. The Morgan fingerprint density at radius 2 is 1.26 bits per heavy atom. The molecule has 0 bridgehead atoms. The van der Waals surface area contributed by atoms with Crippen LogP contribution < -0.4 is 0 Å². The lowest BCUT2D eigenvalue weighted by atomic mass is 10.2. The van der Waals surface area contributed by atoms with E-state index in [-0.39, 0.29) is 0 Å². The van der Waals surface area contributed by atoms with Crippen LogP contribution in [-0.2, 0) is 0 Å². The van der Waals surface area contributed by atoms with Crippen molar-refractivity contribution in [1.29, 1.82) is 0 Å². The lowest BCUT2D eigenvalue weighted by molar-refractivity contribution is 0.467. The first kappa shape index (κ1) is 20.8. The Hall–Kier alpha value is -0.470. The summed E-state index contributed by atoms with van der Waals surface area (Å²) in [5.41, 5.74) is 1.33. The number of rotatable bonds is 6. The highest BCUT2D eigenvalue weighted by molar-refractivity contribution is 7.97. The van der Waals surface area contributed by atoms with E-state index in [4.69, 9.17) is 0 Å². The van der Waals surface area contributed by atoms with Gasteiger partial charge in [-0.3, -0.25) is 0 Å². The molecule has 1 aromatic rings. The fourth-order valence-electron chi connectivity index (χ4n) is 1.45. The van der Waals surface area contributed by atoms with Gasteiger partial charge in [-0.2, -0.15) is 0 Å². The molecule has 2 heteroatoms. The summed E-state index contributed by atoms with van der Waals surface area (Å²) in [6.07, 6.45) is 2.44. The van der Waals surface area contributed by atoms with E-state index in [0.717, 1.165) is 0 Å². The molecule has 0 N–H and O–H groups in total. The molecule has 0 heterocycles. The predicted octanol–water partition coefficient (Wildman–Crippen LogP) is 6.18. The fourth-order valence-corrected chi connectivity index (χ4v) is 2.55. The monoisotopic (exact) mass is 283 g/mol. The maximum atomic E-state index is 2.45. The van der Waals surface area contributed by atoms with E-state index >= 15 is 0 Å². The first-order chi connectivity index (χ1) is 9.26. The zero-order valence-electron chi connectivity index (χ0n) is 14.0. The van der Waals surface area contributed by atoms with E-state index in [1.165, 1.54) is 36.4 Å². The molecule has 0 fully saturated rings. The third kappa shape index (κ3) is 11.1. The van der Waals surface area contributed by atoms with Crippen molar-refractivity contribution in [2.24, 2.45) is 0 Å². The van der Waals surface area contributed by atoms with Crippen molar-refractivity contribution < 1.29 is 0 Å². The summed E-state index contributed by atoms with van der Waals surface area (Å²) in [6, 6.07) is 8.77. The molecule has 0 aliphatic heterocycles. The van der Waals surface area contributed by atoms with Gasteiger partial charge in [0.25, 0.3) is 0 Å². The van der Waals surface area contributed by atoms with E-state index < -0.39 is 0 Å². The lowest BCUT2D eigenvalue weighted by Crippen LogP contribution is -2.17. The molecule has 0 amide bonds. The van der Waals surface area contributed by atoms with Gasteiger partial charge < -0.3 is 0 Å². The summed E-state index contributed by atoms with van der Waals surface area (Å²) in [5, 5.41) is 0. The molecule has 0 saturated heterocycles. The average Bonchev–Trinajstić information content (AvgIpc) is 2.46. The summed E-state index contributed by atoms with van der Waals surface area (Å²) in [6.45, 7) is 16.9. The van der Waals surface area contributed by atoms with Crippen molar-refractivity contribution in [1.82, 2.24) is 4.31 Å².